The van der Waals surface area contributed by atoms with Gasteiger partial charge in [0.15, 0.2) is 0 Å². The van der Waals surface area contributed by atoms with Crippen LogP contribution in [0.5, 0.6) is 0 Å². The lowest BCUT2D eigenvalue weighted by atomic mass is 9.79. The van der Waals surface area contributed by atoms with Gasteiger partial charge in [0, 0.05) is 6.42 Å². The number of carbonyl (C=O) groups is 2. The number of carboxylic acid groups (broad SMARTS) is 1. The number of benzene rings is 1. The predicted molar refractivity (Wildman–Crippen MR) is 77.1 cm³/mol. The summed E-state index contributed by atoms with van der Waals surface area (Å²) in [5.41, 5.74) is 3.00. The van der Waals surface area contributed by atoms with E-state index in [1.807, 2.05) is 30.3 Å². The highest BCUT2D eigenvalue weighted by molar-refractivity contribution is 5.77. The Balaban J connectivity index is 1.78. The summed E-state index contributed by atoms with van der Waals surface area (Å²) in [5, 5.41) is 9.01. The van der Waals surface area contributed by atoms with Crippen molar-refractivity contribution in [1.82, 2.24) is 5.48 Å². The molecular weight excluding hydrogens is 270 g/mol. The number of carbonyl (C=O) groups excluding carboxylic acids is 1. The van der Waals surface area contributed by atoms with E-state index in [0.717, 1.165) is 31.2 Å². The van der Waals surface area contributed by atoms with Crippen molar-refractivity contribution in [1.29, 1.82) is 0 Å². The number of rotatable bonds is 7. The van der Waals surface area contributed by atoms with E-state index in [1.165, 1.54) is 0 Å². The molecule has 1 saturated carbocycles. The van der Waals surface area contributed by atoms with Crippen LogP contribution >= 0.6 is 0 Å². The molecule has 0 saturated heterocycles. The Bertz CT molecular complexity index is 480. The molecule has 1 aromatic rings. The highest BCUT2D eigenvalue weighted by Gasteiger charge is 2.38. The summed E-state index contributed by atoms with van der Waals surface area (Å²) in [7, 11) is 0. The Kier molecular flexibility index (Phi) is 5.33. The van der Waals surface area contributed by atoms with Crippen molar-refractivity contribution in [3.8, 4) is 0 Å². The molecule has 0 aromatic heterocycles. The van der Waals surface area contributed by atoms with E-state index in [9.17, 15) is 9.59 Å². The molecule has 0 bridgehead atoms. The maximum Gasteiger partial charge on any atom is 0.303 e. The molecule has 5 nitrogen and oxygen atoms in total. The number of carboxylic acids is 1. The van der Waals surface area contributed by atoms with Gasteiger partial charge in [0.2, 0.25) is 5.91 Å². The van der Waals surface area contributed by atoms with E-state index in [1.54, 1.807) is 0 Å². The van der Waals surface area contributed by atoms with Crippen LogP contribution in [0.1, 0.15) is 44.1 Å². The van der Waals surface area contributed by atoms with E-state index in [2.05, 4.69) is 5.48 Å². The van der Waals surface area contributed by atoms with Crippen LogP contribution in [0.4, 0.5) is 0 Å². The molecule has 0 atom stereocenters. The smallest absolute Gasteiger partial charge is 0.303 e. The van der Waals surface area contributed by atoms with Crippen molar-refractivity contribution in [3.05, 3.63) is 35.9 Å². The zero-order valence-electron chi connectivity index (χ0n) is 12.0. The van der Waals surface area contributed by atoms with Crippen molar-refractivity contribution >= 4 is 11.9 Å². The Morgan fingerprint density at radius 2 is 1.81 bits per heavy atom. The lowest BCUT2D eigenvalue weighted by molar-refractivity contribution is -0.142. The molecule has 114 valence electrons. The third-order valence-corrected chi connectivity index (χ3v) is 3.99. The molecule has 0 radical (unpaired) electrons. The van der Waals surface area contributed by atoms with Gasteiger partial charge in [-0.15, -0.1) is 0 Å². The molecule has 0 unspecified atom stereocenters. The van der Waals surface area contributed by atoms with Crippen molar-refractivity contribution in [2.45, 2.75) is 45.1 Å². The molecule has 1 aliphatic rings. The minimum Gasteiger partial charge on any atom is -0.481 e. The number of amides is 1. The fraction of sp³-hybridized carbons (Fsp3) is 0.500. The van der Waals surface area contributed by atoms with Crippen LogP contribution in [0, 0.1) is 5.41 Å². The maximum absolute atomic E-state index is 11.9. The molecule has 1 amide bonds. The molecule has 0 aliphatic heterocycles. The van der Waals surface area contributed by atoms with Crippen molar-refractivity contribution in [3.63, 3.8) is 0 Å². The first-order chi connectivity index (χ1) is 10.1. The van der Waals surface area contributed by atoms with Gasteiger partial charge in [0.05, 0.1) is 13.0 Å². The monoisotopic (exact) mass is 291 g/mol. The van der Waals surface area contributed by atoms with Gasteiger partial charge in [-0.1, -0.05) is 43.2 Å². The number of aliphatic carboxylic acids is 1. The molecule has 1 aliphatic carbocycles. The van der Waals surface area contributed by atoms with Crippen LogP contribution in [0.2, 0.25) is 0 Å². The second kappa shape index (κ2) is 7.22. The Hall–Kier alpha value is -1.88. The van der Waals surface area contributed by atoms with E-state index in [4.69, 9.17) is 9.94 Å². The Morgan fingerprint density at radius 3 is 2.43 bits per heavy atom. The summed E-state index contributed by atoms with van der Waals surface area (Å²) < 4.78 is 0. The molecule has 2 N–H and O–H groups in total. The summed E-state index contributed by atoms with van der Waals surface area (Å²) in [5.74, 6) is -1.08. The third-order valence-electron chi connectivity index (χ3n) is 3.99. The van der Waals surface area contributed by atoms with Crippen LogP contribution in [0.15, 0.2) is 30.3 Å². The summed E-state index contributed by atoms with van der Waals surface area (Å²) >= 11 is 0. The van der Waals surface area contributed by atoms with Gasteiger partial charge in [-0.3, -0.25) is 14.4 Å². The lowest BCUT2D eigenvalue weighted by Crippen LogP contribution is -2.32. The number of hydroxylamine groups is 1. The fourth-order valence-corrected chi connectivity index (χ4v) is 3.01. The maximum atomic E-state index is 11.9. The molecule has 5 heteroatoms. The molecule has 1 fully saturated rings. The van der Waals surface area contributed by atoms with E-state index in [-0.39, 0.29) is 18.7 Å². The van der Waals surface area contributed by atoms with Crippen LogP contribution in [0.25, 0.3) is 0 Å². The molecule has 1 aromatic carbocycles. The van der Waals surface area contributed by atoms with Crippen molar-refractivity contribution in [2.75, 3.05) is 0 Å². The van der Waals surface area contributed by atoms with E-state index < -0.39 is 11.4 Å². The van der Waals surface area contributed by atoms with Gasteiger partial charge in [0.1, 0.15) is 0 Å². The summed E-state index contributed by atoms with van der Waals surface area (Å²) in [4.78, 5) is 28.1. The van der Waals surface area contributed by atoms with Gasteiger partial charge in [-0.2, -0.15) is 0 Å². The lowest BCUT2D eigenvalue weighted by Gasteiger charge is -2.26. The molecule has 0 heterocycles. The minimum absolute atomic E-state index is 0.0547. The summed E-state index contributed by atoms with van der Waals surface area (Å²) in [6.45, 7) is 0.304. The SMILES string of the molecule is O=C(O)CC1(CC(=O)NOCc2ccccc2)CCCC1. The van der Waals surface area contributed by atoms with Crippen LogP contribution in [0.3, 0.4) is 0 Å². The molecule has 2 rings (SSSR count). The average Bonchev–Trinajstić information content (AvgIpc) is 2.87. The molecule has 0 spiro atoms. The minimum atomic E-state index is -0.838. The number of hydrogen-bond acceptors (Lipinski definition) is 3. The van der Waals surface area contributed by atoms with Gasteiger partial charge in [0.25, 0.3) is 0 Å². The van der Waals surface area contributed by atoms with Gasteiger partial charge < -0.3 is 5.11 Å². The zero-order valence-corrected chi connectivity index (χ0v) is 12.0. The van der Waals surface area contributed by atoms with Crippen LogP contribution in [-0.4, -0.2) is 17.0 Å². The normalized spacial score (nSPS) is 16.6. The van der Waals surface area contributed by atoms with Crippen molar-refractivity contribution < 1.29 is 19.5 Å². The van der Waals surface area contributed by atoms with E-state index in [0.29, 0.717) is 6.61 Å². The second-order valence-electron chi connectivity index (χ2n) is 5.75. The average molecular weight is 291 g/mol. The largest absolute Gasteiger partial charge is 0.481 e. The number of hydrogen-bond donors (Lipinski definition) is 2. The molecule has 21 heavy (non-hydrogen) atoms. The van der Waals surface area contributed by atoms with Gasteiger partial charge >= 0.3 is 5.97 Å². The zero-order chi connectivity index (χ0) is 15.1. The Morgan fingerprint density at radius 1 is 1.14 bits per heavy atom. The van der Waals surface area contributed by atoms with Gasteiger partial charge in [-0.25, -0.2) is 5.48 Å². The topological polar surface area (TPSA) is 75.6 Å². The first-order valence-electron chi connectivity index (χ1n) is 7.26. The number of nitrogens with one attached hydrogen (secondary N) is 1. The highest BCUT2D eigenvalue weighted by atomic mass is 16.6. The standard InChI is InChI=1S/C16H21NO4/c18-14(17-21-12-13-6-2-1-3-7-13)10-16(11-15(19)20)8-4-5-9-16/h1-3,6-7H,4-5,8-12H2,(H,17,18)(H,19,20). The van der Waals surface area contributed by atoms with Crippen molar-refractivity contribution in [2.24, 2.45) is 5.41 Å². The highest BCUT2D eigenvalue weighted by Crippen LogP contribution is 2.43. The molecular formula is C16H21NO4. The van der Waals surface area contributed by atoms with E-state index >= 15 is 0 Å². The quantitative estimate of drug-likeness (QED) is 0.757. The van der Waals surface area contributed by atoms with Crippen LogP contribution in [-0.2, 0) is 21.0 Å². The predicted octanol–water partition coefficient (Wildman–Crippen LogP) is 2.66. The first kappa shape index (κ1) is 15.5. The fourth-order valence-electron chi connectivity index (χ4n) is 3.01. The summed E-state index contributed by atoms with van der Waals surface area (Å²) in [6, 6.07) is 9.55. The van der Waals surface area contributed by atoms with Crippen LogP contribution < -0.4 is 5.48 Å². The second-order valence-corrected chi connectivity index (χ2v) is 5.75. The third kappa shape index (κ3) is 4.86. The summed E-state index contributed by atoms with van der Waals surface area (Å²) in [6.07, 6.45) is 3.85. The Labute approximate surface area is 124 Å². The van der Waals surface area contributed by atoms with Gasteiger partial charge in [-0.05, 0) is 23.8 Å². The first-order valence-corrected chi connectivity index (χ1v) is 7.26.